The zero-order valence-electron chi connectivity index (χ0n) is 13.5. The summed E-state index contributed by atoms with van der Waals surface area (Å²) in [6.45, 7) is 0. The van der Waals surface area contributed by atoms with E-state index in [0.29, 0.717) is 9.79 Å². The van der Waals surface area contributed by atoms with Crippen molar-refractivity contribution in [2.45, 2.75) is 16.2 Å². The summed E-state index contributed by atoms with van der Waals surface area (Å²) >= 11 is 0. The number of rotatable bonds is 4. The number of aromatic amines is 1. The predicted molar refractivity (Wildman–Crippen MR) is 99.4 cm³/mol. The van der Waals surface area contributed by atoms with Crippen LogP contribution in [0.15, 0.2) is 94.9 Å². The summed E-state index contributed by atoms with van der Waals surface area (Å²) < 4.78 is 25.7. The molecule has 4 aromatic rings. The Morgan fingerprint density at radius 2 is 1.44 bits per heavy atom. The van der Waals surface area contributed by atoms with E-state index in [1.165, 1.54) is 5.56 Å². The molecule has 124 valence electrons. The van der Waals surface area contributed by atoms with Gasteiger partial charge in [-0.05, 0) is 35.7 Å². The van der Waals surface area contributed by atoms with Crippen molar-refractivity contribution in [1.82, 2.24) is 4.98 Å². The van der Waals surface area contributed by atoms with Gasteiger partial charge in [0.25, 0.3) is 0 Å². The van der Waals surface area contributed by atoms with Crippen LogP contribution in [-0.2, 0) is 16.3 Å². The Morgan fingerprint density at radius 1 is 0.760 bits per heavy atom. The maximum Gasteiger partial charge on any atom is 0.208 e. The number of nitrogens with one attached hydrogen (secondary N) is 1. The molecule has 4 rings (SSSR count). The topological polar surface area (TPSA) is 49.9 Å². The van der Waals surface area contributed by atoms with E-state index >= 15 is 0 Å². The van der Waals surface area contributed by atoms with Gasteiger partial charge >= 0.3 is 0 Å². The van der Waals surface area contributed by atoms with Gasteiger partial charge < -0.3 is 4.98 Å². The van der Waals surface area contributed by atoms with Crippen molar-refractivity contribution in [2.75, 3.05) is 0 Å². The third-order valence-electron chi connectivity index (χ3n) is 4.30. The Hall–Kier alpha value is -2.85. The van der Waals surface area contributed by atoms with Crippen LogP contribution in [0.25, 0.3) is 10.9 Å². The van der Waals surface area contributed by atoms with E-state index in [0.717, 1.165) is 22.9 Å². The van der Waals surface area contributed by atoms with Crippen molar-refractivity contribution in [1.29, 1.82) is 0 Å². The molecule has 0 atom stereocenters. The van der Waals surface area contributed by atoms with Gasteiger partial charge in [-0.15, -0.1) is 0 Å². The first kappa shape index (κ1) is 15.7. The van der Waals surface area contributed by atoms with Crippen LogP contribution >= 0.6 is 0 Å². The van der Waals surface area contributed by atoms with Crippen LogP contribution in [0.4, 0.5) is 0 Å². The van der Waals surface area contributed by atoms with Crippen molar-refractivity contribution in [3.63, 3.8) is 0 Å². The average molecular weight is 347 g/mol. The van der Waals surface area contributed by atoms with Gasteiger partial charge in [0.2, 0.25) is 9.84 Å². The molecule has 0 bridgehead atoms. The minimum Gasteiger partial charge on any atom is -0.360 e. The number of fused-ring (bicyclic) bond motifs is 1. The number of benzene rings is 3. The molecule has 0 fully saturated rings. The Labute approximate surface area is 146 Å². The number of aromatic nitrogens is 1. The van der Waals surface area contributed by atoms with E-state index in [1.54, 1.807) is 30.5 Å². The van der Waals surface area contributed by atoms with Gasteiger partial charge in [0.1, 0.15) is 0 Å². The summed E-state index contributed by atoms with van der Waals surface area (Å²) in [6, 6.07) is 24.6. The molecule has 1 aromatic heterocycles. The van der Waals surface area contributed by atoms with E-state index in [1.807, 2.05) is 42.5 Å². The molecule has 3 nitrogen and oxygen atoms in total. The molecule has 0 unspecified atom stereocenters. The maximum absolute atomic E-state index is 12.9. The zero-order chi connectivity index (χ0) is 17.3. The molecule has 0 radical (unpaired) electrons. The number of hydrogen-bond acceptors (Lipinski definition) is 2. The van der Waals surface area contributed by atoms with E-state index < -0.39 is 9.84 Å². The summed E-state index contributed by atoms with van der Waals surface area (Å²) in [7, 11) is -3.53. The van der Waals surface area contributed by atoms with Gasteiger partial charge in [0.15, 0.2) is 0 Å². The molecule has 4 heteroatoms. The molecule has 1 N–H and O–H groups in total. The summed E-state index contributed by atoms with van der Waals surface area (Å²) in [5, 5.41) is 0.723. The third kappa shape index (κ3) is 2.96. The fraction of sp³-hybridized carbons (Fsp3) is 0.0476. The number of sulfone groups is 1. The molecule has 1 heterocycles. The van der Waals surface area contributed by atoms with Gasteiger partial charge in [-0.3, -0.25) is 0 Å². The van der Waals surface area contributed by atoms with E-state index in [4.69, 9.17) is 0 Å². The van der Waals surface area contributed by atoms with Gasteiger partial charge in [-0.1, -0.05) is 60.7 Å². The van der Waals surface area contributed by atoms with Gasteiger partial charge in [0, 0.05) is 17.1 Å². The van der Waals surface area contributed by atoms with Crippen LogP contribution in [0.3, 0.4) is 0 Å². The second kappa shape index (κ2) is 6.22. The fourth-order valence-electron chi connectivity index (χ4n) is 3.04. The van der Waals surface area contributed by atoms with Gasteiger partial charge in [-0.2, -0.15) is 0 Å². The smallest absolute Gasteiger partial charge is 0.208 e. The third-order valence-corrected chi connectivity index (χ3v) is 6.11. The fourth-order valence-corrected chi connectivity index (χ4v) is 4.49. The highest BCUT2D eigenvalue weighted by molar-refractivity contribution is 7.91. The van der Waals surface area contributed by atoms with Crippen molar-refractivity contribution >= 4 is 20.7 Å². The lowest BCUT2D eigenvalue weighted by Gasteiger charge is -2.05. The molecular formula is C21H17NO2S. The summed E-state index contributed by atoms with van der Waals surface area (Å²) in [4.78, 5) is 3.74. The molecule has 0 aliphatic carbocycles. The number of hydrogen-bond donors (Lipinski definition) is 1. The largest absolute Gasteiger partial charge is 0.360 e. The zero-order valence-corrected chi connectivity index (χ0v) is 14.3. The van der Waals surface area contributed by atoms with Gasteiger partial charge in [-0.25, -0.2) is 8.42 Å². The van der Waals surface area contributed by atoms with Crippen molar-refractivity contribution < 1.29 is 8.42 Å². The minimum atomic E-state index is -3.53. The SMILES string of the molecule is O=S(=O)(c1ccccc1)c1c[nH]c2cc(Cc3ccccc3)ccc12. The molecule has 0 amide bonds. The lowest BCUT2D eigenvalue weighted by Crippen LogP contribution is -2.00. The van der Waals surface area contributed by atoms with Gasteiger partial charge in [0.05, 0.1) is 9.79 Å². The average Bonchev–Trinajstić information content (AvgIpc) is 3.07. The van der Waals surface area contributed by atoms with Crippen LogP contribution in [0, 0.1) is 0 Å². The Bertz CT molecular complexity index is 1110. The summed E-state index contributed by atoms with van der Waals surface area (Å²) in [5.41, 5.74) is 3.21. The molecule has 0 aliphatic heterocycles. The van der Waals surface area contributed by atoms with E-state index in [-0.39, 0.29) is 0 Å². The van der Waals surface area contributed by atoms with Crippen molar-refractivity contribution in [3.05, 3.63) is 96.2 Å². The Kier molecular flexibility index (Phi) is 3.90. The highest BCUT2D eigenvalue weighted by atomic mass is 32.2. The van der Waals surface area contributed by atoms with Crippen LogP contribution in [0.1, 0.15) is 11.1 Å². The summed E-state index contributed by atoms with van der Waals surface area (Å²) in [6.07, 6.45) is 2.40. The summed E-state index contributed by atoms with van der Waals surface area (Å²) in [5.74, 6) is 0. The molecular weight excluding hydrogens is 330 g/mol. The predicted octanol–water partition coefficient (Wildman–Crippen LogP) is 4.59. The first-order valence-electron chi connectivity index (χ1n) is 8.09. The van der Waals surface area contributed by atoms with E-state index in [9.17, 15) is 8.42 Å². The molecule has 0 saturated heterocycles. The first-order chi connectivity index (χ1) is 12.1. The second-order valence-electron chi connectivity index (χ2n) is 6.01. The second-order valence-corrected chi connectivity index (χ2v) is 7.93. The first-order valence-corrected chi connectivity index (χ1v) is 9.57. The van der Waals surface area contributed by atoms with Crippen LogP contribution < -0.4 is 0 Å². The lowest BCUT2D eigenvalue weighted by molar-refractivity contribution is 0.597. The van der Waals surface area contributed by atoms with Crippen LogP contribution in [0.2, 0.25) is 0 Å². The van der Waals surface area contributed by atoms with Crippen molar-refractivity contribution in [2.24, 2.45) is 0 Å². The molecule has 0 aliphatic rings. The maximum atomic E-state index is 12.9. The Morgan fingerprint density at radius 3 is 2.16 bits per heavy atom. The Balaban J connectivity index is 1.74. The highest BCUT2D eigenvalue weighted by Gasteiger charge is 2.21. The van der Waals surface area contributed by atoms with Crippen molar-refractivity contribution in [3.8, 4) is 0 Å². The molecule has 3 aromatic carbocycles. The minimum absolute atomic E-state index is 0.310. The highest BCUT2D eigenvalue weighted by Crippen LogP contribution is 2.29. The normalized spacial score (nSPS) is 11.7. The quantitative estimate of drug-likeness (QED) is 0.587. The molecule has 25 heavy (non-hydrogen) atoms. The van der Waals surface area contributed by atoms with E-state index in [2.05, 4.69) is 17.1 Å². The molecule has 0 saturated carbocycles. The number of H-pyrrole nitrogens is 1. The van der Waals surface area contributed by atoms with Crippen LogP contribution in [-0.4, -0.2) is 13.4 Å². The monoisotopic (exact) mass is 347 g/mol. The lowest BCUT2D eigenvalue weighted by atomic mass is 10.0. The molecule has 0 spiro atoms. The van der Waals surface area contributed by atoms with Crippen LogP contribution in [0.5, 0.6) is 0 Å². The standard InChI is InChI=1S/C21H17NO2S/c23-25(24,18-9-5-2-6-10-18)21-15-22-20-14-17(11-12-19(20)21)13-16-7-3-1-4-8-16/h1-12,14-15,22H,13H2.